The van der Waals surface area contributed by atoms with Crippen LogP contribution in [0.15, 0.2) is 109 Å². The quantitative estimate of drug-likeness (QED) is 0.0602. The van der Waals surface area contributed by atoms with Gasteiger partial charge in [0.25, 0.3) is 0 Å². The van der Waals surface area contributed by atoms with E-state index in [4.69, 9.17) is 34.7 Å². The number of carbonyl (C=O) groups is 2. The molecule has 0 fully saturated rings. The van der Waals surface area contributed by atoms with E-state index in [1.807, 2.05) is 84.9 Å². The minimum Gasteiger partial charge on any atom is -0.508 e. The van der Waals surface area contributed by atoms with Gasteiger partial charge in [0, 0.05) is 38.2 Å². The van der Waals surface area contributed by atoms with Gasteiger partial charge in [-0.15, -0.1) is 0 Å². The van der Waals surface area contributed by atoms with E-state index in [0.717, 1.165) is 16.7 Å². The van der Waals surface area contributed by atoms with Crippen molar-refractivity contribution in [2.75, 3.05) is 52.9 Å². The van der Waals surface area contributed by atoms with Crippen molar-refractivity contribution < 1.29 is 45.9 Å². The number of rotatable bonds is 13. The normalized spacial score (nSPS) is 11.0. The second-order valence-electron chi connectivity index (χ2n) is 9.74. The zero-order valence-corrected chi connectivity index (χ0v) is 29.8. The number of benzene rings is 4. The van der Waals surface area contributed by atoms with Crippen molar-refractivity contribution in [3.63, 3.8) is 0 Å². The summed E-state index contributed by atoms with van der Waals surface area (Å²) in [7, 11) is 3.17. The smallest absolute Gasteiger partial charge is 0.508 e. The number of phenols is 1. The first-order chi connectivity index (χ1) is 23.4. The van der Waals surface area contributed by atoms with Crippen molar-refractivity contribution in [3.05, 3.63) is 109 Å². The van der Waals surface area contributed by atoms with Gasteiger partial charge in [0.15, 0.2) is 22.2 Å². The summed E-state index contributed by atoms with van der Waals surface area (Å²) in [6.45, 7) is 0.768. The van der Waals surface area contributed by atoms with Crippen LogP contribution in [0.1, 0.15) is 22.3 Å². The third-order valence-electron chi connectivity index (χ3n) is 5.85. The number of phenolic OH excluding ortho intramolecular Hbond substituents is 1. The molecule has 12 nitrogen and oxygen atoms in total. The van der Waals surface area contributed by atoms with Crippen molar-refractivity contribution in [2.45, 2.75) is 22.3 Å². The number of carbonyl (C=O) groups excluding carboxylic acids is 2. The molecule has 0 radical (unpaired) electrons. The average molecular weight is 783 g/mol. The fraction of sp³-hybridized carbons (Fsp3) is 0.297. The highest BCUT2D eigenvalue weighted by Crippen LogP contribution is 2.23. The first-order valence-corrected chi connectivity index (χ1v) is 17.9. The Morgan fingerprint density at radius 1 is 0.615 bits per heavy atom. The van der Waals surface area contributed by atoms with Crippen LogP contribution in [0.5, 0.6) is 11.5 Å². The lowest BCUT2D eigenvalue weighted by Gasteiger charge is -2.13. The highest BCUT2D eigenvalue weighted by Gasteiger charge is 2.09. The maximum absolute atomic E-state index is 11.6. The van der Waals surface area contributed by atoms with E-state index in [1.165, 1.54) is 28.2 Å². The highest BCUT2D eigenvalue weighted by atomic mass is 35.5. The maximum atomic E-state index is 11.6. The van der Waals surface area contributed by atoms with Crippen molar-refractivity contribution in [1.29, 1.82) is 0 Å². The molecule has 2 unspecified atom stereocenters. The van der Waals surface area contributed by atoms with Crippen molar-refractivity contribution in [2.24, 2.45) is 0 Å². The topological polar surface area (TPSA) is 141 Å². The van der Waals surface area contributed by atoms with Crippen LogP contribution in [-0.4, -0.2) is 88.1 Å². The Morgan fingerprint density at radius 2 is 0.981 bits per heavy atom. The Balaban J connectivity index is 0. The molecule has 1 N–H and O–H groups in total. The minimum absolute atomic E-state index is 0. The Hall–Kier alpha value is -4.15. The molecule has 15 heteroatoms. The largest absolute Gasteiger partial charge is 0.513 e. The van der Waals surface area contributed by atoms with E-state index >= 15 is 0 Å². The average Bonchev–Trinajstić information content (AvgIpc) is 3.06. The number of hydroxylamine groups is 4. The van der Waals surface area contributed by atoms with E-state index in [1.54, 1.807) is 38.4 Å². The molecule has 4 aromatic carbocycles. The fourth-order valence-corrected chi connectivity index (χ4v) is 4.64. The van der Waals surface area contributed by atoms with Gasteiger partial charge in [-0.25, -0.2) is 18.0 Å². The molecule has 0 aliphatic rings. The summed E-state index contributed by atoms with van der Waals surface area (Å²) in [5.74, 6) is 0.707. The number of hydrogen-bond donors (Lipinski definition) is 1. The predicted molar refractivity (Wildman–Crippen MR) is 210 cm³/mol. The Kier molecular flexibility index (Phi) is 27.3. The molecule has 2 atom stereocenters. The highest BCUT2D eigenvalue weighted by molar-refractivity contribution is 7.79. The number of hydrogen-bond acceptors (Lipinski definition) is 12. The van der Waals surface area contributed by atoms with Gasteiger partial charge in [0.2, 0.25) is 0 Å². The van der Waals surface area contributed by atoms with E-state index in [2.05, 4.69) is 4.74 Å². The summed E-state index contributed by atoms with van der Waals surface area (Å²) in [6, 6.07) is 34.4. The van der Waals surface area contributed by atoms with Crippen LogP contribution < -0.4 is 4.74 Å². The number of likely N-dealkylation sites (N-methyl/N-ethyl adjacent to an activating group) is 2. The van der Waals surface area contributed by atoms with Gasteiger partial charge in [-0.3, -0.25) is 0 Å². The van der Waals surface area contributed by atoms with Gasteiger partial charge in [-0.2, -0.15) is 18.7 Å². The van der Waals surface area contributed by atoms with Crippen molar-refractivity contribution in [1.82, 2.24) is 10.1 Å². The second-order valence-corrected chi connectivity index (χ2v) is 12.0. The van der Waals surface area contributed by atoms with E-state index in [0.29, 0.717) is 18.0 Å². The molecule has 4 rings (SSSR count). The molecular weight excluding hydrogens is 732 g/mol. The lowest BCUT2D eigenvalue weighted by atomic mass is 10.1. The van der Waals surface area contributed by atoms with Crippen molar-refractivity contribution in [3.8, 4) is 33.8 Å². The third-order valence-corrected chi connectivity index (χ3v) is 6.89. The number of nitrogens with zero attached hydrogens (tertiary/aromatic N) is 2. The van der Waals surface area contributed by atoms with E-state index in [-0.39, 0.29) is 42.0 Å². The molecule has 0 bridgehead atoms. The van der Waals surface area contributed by atoms with Crippen LogP contribution in [-0.2, 0) is 40.2 Å². The minimum atomic E-state index is -1.41. The summed E-state index contributed by atoms with van der Waals surface area (Å²) < 4.78 is 45.3. The Morgan fingerprint density at radius 3 is 1.37 bits per heavy atom. The van der Waals surface area contributed by atoms with Gasteiger partial charge in [-0.1, -0.05) is 107 Å². The lowest BCUT2D eigenvalue weighted by Crippen LogP contribution is -2.26. The molecule has 4 aromatic rings. The summed E-state index contributed by atoms with van der Waals surface area (Å²) >= 11 is 2.12. The van der Waals surface area contributed by atoms with E-state index < -0.39 is 33.7 Å². The molecule has 0 aromatic heterocycles. The van der Waals surface area contributed by atoms with Gasteiger partial charge >= 0.3 is 11.6 Å². The number of ether oxygens (including phenoxy) is 3. The number of halogens is 1. The molecule has 0 spiro atoms. The van der Waals surface area contributed by atoms with Gasteiger partial charge < -0.3 is 19.3 Å². The molecule has 0 aliphatic carbocycles. The number of aromatic hydroxyl groups is 1. The third kappa shape index (κ3) is 22.6. The summed E-state index contributed by atoms with van der Waals surface area (Å²) in [6.07, 6.45) is 2.00. The molecule has 0 amide bonds. The van der Waals surface area contributed by atoms with Gasteiger partial charge in [0.1, 0.15) is 24.7 Å². The summed E-state index contributed by atoms with van der Waals surface area (Å²) in [5, 5.41) is 11.7. The molecule has 0 saturated carbocycles. The molecule has 288 valence electrons. The fourth-order valence-electron chi connectivity index (χ4n) is 3.70. The summed E-state index contributed by atoms with van der Waals surface area (Å²) in [4.78, 5) is 21.7. The van der Waals surface area contributed by atoms with Crippen LogP contribution in [0.4, 0.5) is 9.59 Å². The first-order valence-electron chi connectivity index (χ1n) is 14.6. The van der Waals surface area contributed by atoms with Crippen LogP contribution >= 0.6 is 11.6 Å². The van der Waals surface area contributed by atoms with Crippen LogP contribution in [0.25, 0.3) is 22.3 Å². The monoisotopic (exact) mass is 782 g/mol. The zero-order chi connectivity index (χ0) is 36.0. The van der Waals surface area contributed by atoms with Gasteiger partial charge in [0.05, 0.1) is 13.1 Å². The van der Waals surface area contributed by atoms with E-state index in [9.17, 15) is 18.0 Å². The molecule has 0 aliphatic heterocycles. The Bertz CT molecular complexity index is 1580. The predicted octanol–water partition coefficient (Wildman–Crippen LogP) is 8.51. The SMILES string of the molecule is C.C.C.CN(CCOC(=O)Cl)OS(C)=O.CN(CCOC(=O)Oc1ccc(-c2ccccc2)cc1)OS(C)=O.Oc1ccc(-c2ccccc2)cc1. The molecular formula is C37H51ClN2O10S2. The lowest BCUT2D eigenvalue weighted by molar-refractivity contribution is -0.0323. The molecule has 0 saturated heterocycles. The maximum Gasteiger partial charge on any atom is 0.513 e. The summed E-state index contributed by atoms with van der Waals surface area (Å²) in [5.41, 5.74) is 3.55. The van der Waals surface area contributed by atoms with Crippen LogP contribution in [0.2, 0.25) is 0 Å². The standard InChI is InChI=1S/C17H19NO5S.C12H10O.C5H10ClNO4S.3CH4/c1-18(23-24(2)20)12-13-21-17(19)22-16-10-8-15(9-11-16)14-6-4-3-5-7-14;13-12-8-6-11(7-9-12)10-4-2-1-3-5-10;1-7(11-12(2)9)3-4-10-5(6)8;;;/h3-11H,12-13H2,1-2H3;1-9,13H;3-4H2,1-2H3;3*1H4. The first kappa shape index (κ1) is 50.0. The van der Waals surface area contributed by atoms with Crippen LogP contribution in [0.3, 0.4) is 0 Å². The zero-order valence-electron chi connectivity index (χ0n) is 27.4. The van der Waals surface area contributed by atoms with Crippen molar-refractivity contribution >= 4 is 45.3 Å². The van der Waals surface area contributed by atoms with Gasteiger partial charge in [-0.05, 0) is 46.5 Å². The Labute approximate surface area is 318 Å². The molecule has 52 heavy (non-hydrogen) atoms. The molecule has 0 heterocycles. The second kappa shape index (κ2) is 28.4. The van der Waals surface area contributed by atoms with Crippen LogP contribution in [0, 0.1) is 0 Å².